The monoisotopic (exact) mass is 308 g/mol. The Kier molecular flexibility index (Phi) is 4.56. The minimum absolute atomic E-state index is 0.0672. The summed E-state index contributed by atoms with van der Waals surface area (Å²) in [6.07, 6.45) is -1.04. The third kappa shape index (κ3) is 2.84. The van der Waals surface area contributed by atoms with Crippen LogP contribution in [0.25, 0.3) is 0 Å². The van der Waals surface area contributed by atoms with E-state index in [-0.39, 0.29) is 18.1 Å². The molecule has 2 amide bonds. The van der Waals surface area contributed by atoms with E-state index in [9.17, 15) is 14.8 Å². The largest absolute Gasteiger partial charge is 0.569 e. The summed E-state index contributed by atoms with van der Waals surface area (Å²) in [4.78, 5) is 30.3. The SMILES string of the molecule is CC(O/N=[N+](/[O-])N(C)CCO)N1C(=O)c2ccccc2C1=O. The van der Waals surface area contributed by atoms with Crippen molar-refractivity contribution in [1.29, 1.82) is 0 Å². The fourth-order valence-corrected chi connectivity index (χ4v) is 1.99. The Morgan fingerprint density at radius 1 is 1.36 bits per heavy atom. The number of hydrogen-bond donors (Lipinski definition) is 1. The summed E-state index contributed by atoms with van der Waals surface area (Å²) in [7, 11) is 1.41. The Morgan fingerprint density at radius 3 is 2.41 bits per heavy atom. The summed E-state index contributed by atoms with van der Waals surface area (Å²) < 4.78 is 0. The molecule has 1 aromatic rings. The number of imide groups is 1. The fourth-order valence-electron chi connectivity index (χ4n) is 1.99. The van der Waals surface area contributed by atoms with Crippen LogP contribution in [0.1, 0.15) is 27.6 Å². The van der Waals surface area contributed by atoms with E-state index in [2.05, 4.69) is 5.28 Å². The molecule has 1 aliphatic heterocycles. The number of hydrogen-bond acceptors (Lipinski definition) is 6. The van der Waals surface area contributed by atoms with E-state index in [0.717, 1.165) is 9.91 Å². The number of nitrogens with zero attached hydrogens (tertiary/aromatic N) is 4. The molecule has 1 N–H and O–H groups in total. The minimum atomic E-state index is -1.04. The van der Waals surface area contributed by atoms with E-state index >= 15 is 0 Å². The van der Waals surface area contributed by atoms with Crippen molar-refractivity contribution in [3.63, 3.8) is 0 Å². The van der Waals surface area contributed by atoms with Crippen LogP contribution in [-0.4, -0.2) is 58.2 Å². The molecule has 0 bridgehead atoms. The van der Waals surface area contributed by atoms with Crippen molar-refractivity contribution in [2.45, 2.75) is 13.2 Å². The molecule has 9 heteroatoms. The van der Waals surface area contributed by atoms with E-state index in [0.29, 0.717) is 11.1 Å². The lowest BCUT2D eigenvalue weighted by Crippen LogP contribution is -2.39. The summed E-state index contributed by atoms with van der Waals surface area (Å²) >= 11 is 0. The average molecular weight is 308 g/mol. The fraction of sp³-hybridized carbons (Fsp3) is 0.385. The van der Waals surface area contributed by atoms with Crippen molar-refractivity contribution in [2.75, 3.05) is 20.2 Å². The zero-order chi connectivity index (χ0) is 16.3. The van der Waals surface area contributed by atoms with E-state index in [4.69, 9.17) is 9.94 Å². The summed E-state index contributed by atoms with van der Waals surface area (Å²) in [5.74, 6) is -0.992. The van der Waals surface area contributed by atoms with E-state index in [1.54, 1.807) is 24.3 Å². The zero-order valence-corrected chi connectivity index (χ0v) is 12.2. The Labute approximate surface area is 126 Å². The number of aliphatic hydroxyl groups is 1. The Hall–Kier alpha value is -2.68. The van der Waals surface area contributed by atoms with Gasteiger partial charge in [-0.1, -0.05) is 12.1 Å². The number of rotatable bonds is 6. The van der Waals surface area contributed by atoms with Crippen LogP contribution in [0.3, 0.4) is 0 Å². The molecular formula is C13H16N4O5. The lowest BCUT2D eigenvalue weighted by molar-refractivity contribution is -0.707. The van der Waals surface area contributed by atoms with Crippen molar-refractivity contribution >= 4 is 11.8 Å². The first-order valence-electron chi connectivity index (χ1n) is 6.60. The Balaban J connectivity index is 2.09. The Morgan fingerprint density at radius 2 is 1.91 bits per heavy atom. The first-order chi connectivity index (χ1) is 10.5. The van der Waals surface area contributed by atoms with E-state index in [1.807, 2.05) is 0 Å². The molecule has 1 aliphatic rings. The highest BCUT2D eigenvalue weighted by molar-refractivity contribution is 6.21. The quantitative estimate of drug-likeness (QED) is 0.352. The lowest BCUT2D eigenvalue weighted by atomic mass is 10.1. The molecule has 9 nitrogen and oxygen atoms in total. The lowest BCUT2D eigenvalue weighted by Gasteiger charge is -2.19. The maximum atomic E-state index is 12.2. The third-order valence-electron chi connectivity index (χ3n) is 3.17. The second-order valence-corrected chi connectivity index (χ2v) is 4.67. The van der Waals surface area contributed by atoms with Crippen molar-refractivity contribution in [1.82, 2.24) is 9.91 Å². The van der Waals surface area contributed by atoms with Crippen molar-refractivity contribution in [3.8, 4) is 0 Å². The smallest absolute Gasteiger partial charge is 0.264 e. The first-order valence-corrected chi connectivity index (χ1v) is 6.60. The molecule has 1 aromatic carbocycles. The molecule has 2 rings (SSSR count). The van der Waals surface area contributed by atoms with Gasteiger partial charge in [-0.15, -0.1) is 5.01 Å². The predicted octanol–water partition coefficient (Wildman–Crippen LogP) is 0.362. The van der Waals surface area contributed by atoms with Gasteiger partial charge >= 0.3 is 0 Å². The molecule has 0 radical (unpaired) electrons. The predicted molar refractivity (Wildman–Crippen MR) is 73.3 cm³/mol. The normalized spacial score (nSPS) is 15.8. The first kappa shape index (κ1) is 15.7. The second-order valence-electron chi connectivity index (χ2n) is 4.67. The number of carbonyl (C=O) groups is 2. The molecular weight excluding hydrogens is 292 g/mol. The highest BCUT2D eigenvalue weighted by Gasteiger charge is 2.39. The van der Waals surface area contributed by atoms with Crippen LogP contribution in [-0.2, 0) is 4.84 Å². The highest BCUT2D eigenvalue weighted by atomic mass is 16.7. The van der Waals surface area contributed by atoms with Gasteiger partial charge in [-0.3, -0.25) is 9.59 Å². The third-order valence-corrected chi connectivity index (χ3v) is 3.17. The van der Waals surface area contributed by atoms with Gasteiger partial charge < -0.3 is 15.2 Å². The van der Waals surface area contributed by atoms with Crippen LogP contribution in [0.15, 0.2) is 29.5 Å². The van der Waals surface area contributed by atoms with E-state index < -0.39 is 18.0 Å². The van der Waals surface area contributed by atoms with Crippen LogP contribution >= 0.6 is 0 Å². The molecule has 0 aliphatic carbocycles. The highest BCUT2D eigenvalue weighted by Crippen LogP contribution is 2.24. The van der Waals surface area contributed by atoms with Crippen LogP contribution in [0.4, 0.5) is 0 Å². The topological polar surface area (TPSA) is 109 Å². The van der Waals surface area contributed by atoms with Gasteiger partial charge in [-0.2, -0.15) is 0 Å². The number of aliphatic hydroxyl groups excluding tert-OH is 1. The van der Waals surface area contributed by atoms with Crippen molar-refractivity contribution in [2.24, 2.45) is 5.28 Å². The maximum Gasteiger partial charge on any atom is 0.264 e. The molecule has 1 atom stereocenters. The van der Waals surface area contributed by atoms with Crippen LogP contribution < -0.4 is 0 Å². The summed E-state index contributed by atoms with van der Waals surface area (Å²) in [5.41, 5.74) is 0.582. The number of carbonyl (C=O) groups excluding carboxylic acids is 2. The zero-order valence-electron chi connectivity index (χ0n) is 12.2. The molecule has 1 unspecified atom stereocenters. The van der Waals surface area contributed by atoms with Crippen LogP contribution in [0.2, 0.25) is 0 Å². The summed E-state index contributed by atoms with van der Waals surface area (Å²) in [5, 5.41) is 24.5. The molecule has 0 saturated heterocycles. The molecule has 0 aromatic heterocycles. The van der Waals surface area contributed by atoms with E-state index in [1.165, 1.54) is 14.0 Å². The maximum absolute atomic E-state index is 12.2. The molecule has 22 heavy (non-hydrogen) atoms. The number of benzene rings is 1. The minimum Gasteiger partial charge on any atom is -0.569 e. The van der Waals surface area contributed by atoms with Gasteiger partial charge in [0.1, 0.15) is 0 Å². The Bertz CT molecular complexity index is 583. The van der Waals surface area contributed by atoms with Crippen molar-refractivity contribution < 1.29 is 24.5 Å². The standard InChI is InChI=1S/C13H16N4O5/c1-9(22-14-17(21)15(2)7-8-18)16-12(19)10-5-3-4-6-11(10)13(16)20/h3-6,9,18H,7-8H2,1-2H3/b17-14+. The number of hydrazine groups is 1. The second kappa shape index (κ2) is 6.39. The summed E-state index contributed by atoms with van der Waals surface area (Å²) in [6, 6.07) is 6.42. The number of fused-ring (bicyclic) bond motifs is 1. The van der Waals surface area contributed by atoms with Gasteiger partial charge in [0, 0.05) is 0 Å². The summed E-state index contributed by atoms with van der Waals surface area (Å²) in [6.45, 7) is 1.28. The van der Waals surface area contributed by atoms with Gasteiger partial charge in [0.05, 0.1) is 36.3 Å². The van der Waals surface area contributed by atoms with Gasteiger partial charge in [0.2, 0.25) is 11.5 Å². The average Bonchev–Trinajstić information content (AvgIpc) is 2.77. The molecule has 118 valence electrons. The van der Waals surface area contributed by atoms with Crippen molar-refractivity contribution in [3.05, 3.63) is 40.6 Å². The molecule has 1 heterocycles. The van der Waals surface area contributed by atoms with Gasteiger partial charge in [0.15, 0.2) is 0 Å². The number of likely N-dealkylation sites (N-methyl/N-ethyl adjacent to an activating group) is 1. The number of amides is 2. The van der Waals surface area contributed by atoms with Gasteiger partial charge in [0.25, 0.3) is 11.8 Å². The van der Waals surface area contributed by atoms with Gasteiger partial charge in [-0.25, -0.2) is 4.90 Å². The molecule has 0 spiro atoms. The molecule has 0 fully saturated rings. The van der Waals surface area contributed by atoms with Crippen LogP contribution in [0, 0.1) is 5.21 Å². The van der Waals surface area contributed by atoms with Crippen LogP contribution in [0.5, 0.6) is 0 Å². The molecule has 0 saturated carbocycles. The van der Waals surface area contributed by atoms with Gasteiger partial charge in [-0.05, 0) is 19.1 Å².